The third-order valence-corrected chi connectivity index (χ3v) is 4.59. The molecule has 2 heteroatoms. The maximum atomic E-state index is 9.39. The highest BCUT2D eigenvalue weighted by Crippen LogP contribution is 2.16. The van der Waals surface area contributed by atoms with Crippen molar-refractivity contribution in [1.29, 1.82) is 0 Å². The van der Waals surface area contributed by atoms with Crippen LogP contribution in [0.3, 0.4) is 0 Å². The maximum absolute atomic E-state index is 9.39. The van der Waals surface area contributed by atoms with Crippen LogP contribution in [0, 0.1) is 5.92 Å². The van der Waals surface area contributed by atoms with E-state index in [-0.39, 0.29) is 6.61 Å². The first kappa shape index (κ1) is 22.7. The van der Waals surface area contributed by atoms with Crippen LogP contribution in [0.4, 0.5) is 0 Å². The molecule has 0 radical (unpaired) electrons. The van der Waals surface area contributed by atoms with Gasteiger partial charge in [0.1, 0.15) is 0 Å². The SMILES string of the molecule is CCCCCCCC/C=C\CCCCCCC(C)CC(O)CO. The molecular formula is C21H42O2. The van der Waals surface area contributed by atoms with Crippen LogP contribution >= 0.6 is 0 Å². The highest BCUT2D eigenvalue weighted by Gasteiger charge is 2.08. The van der Waals surface area contributed by atoms with Gasteiger partial charge in [-0.2, -0.15) is 0 Å². The van der Waals surface area contributed by atoms with Crippen molar-refractivity contribution in [3.63, 3.8) is 0 Å². The van der Waals surface area contributed by atoms with E-state index in [9.17, 15) is 5.11 Å². The monoisotopic (exact) mass is 326 g/mol. The highest BCUT2D eigenvalue weighted by molar-refractivity contribution is 4.81. The Hall–Kier alpha value is -0.340. The van der Waals surface area contributed by atoms with Crippen molar-refractivity contribution in [2.45, 2.75) is 110 Å². The molecule has 0 aromatic rings. The Morgan fingerprint density at radius 2 is 1.30 bits per heavy atom. The van der Waals surface area contributed by atoms with Gasteiger partial charge in [0, 0.05) is 0 Å². The van der Waals surface area contributed by atoms with E-state index in [1.165, 1.54) is 83.5 Å². The summed E-state index contributed by atoms with van der Waals surface area (Å²) in [4.78, 5) is 0. The van der Waals surface area contributed by atoms with Crippen molar-refractivity contribution in [1.82, 2.24) is 0 Å². The van der Waals surface area contributed by atoms with Gasteiger partial charge < -0.3 is 10.2 Å². The molecule has 0 aliphatic carbocycles. The topological polar surface area (TPSA) is 40.5 Å². The van der Waals surface area contributed by atoms with Crippen LogP contribution in [0.15, 0.2) is 12.2 Å². The summed E-state index contributed by atoms with van der Waals surface area (Å²) in [5.74, 6) is 0.523. The predicted molar refractivity (Wildman–Crippen MR) is 102 cm³/mol. The second-order valence-corrected chi connectivity index (χ2v) is 7.20. The summed E-state index contributed by atoms with van der Waals surface area (Å²) in [6, 6.07) is 0. The Labute approximate surface area is 145 Å². The first-order valence-electron chi connectivity index (χ1n) is 10.1. The zero-order valence-corrected chi connectivity index (χ0v) is 15.8. The molecule has 0 aliphatic rings. The Morgan fingerprint density at radius 1 is 0.783 bits per heavy atom. The zero-order chi connectivity index (χ0) is 17.2. The molecule has 0 rings (SSSR count). The molecular weight excluding hydrogens is 284 g/mol. The van der Waals surface area contributed by atoms with Gasteiger partial charge >= 0.3 is 0 Å². The van der Waals surface area contributed by atoms with Crippen molar-refractivity contribution in [2.24, 2.45) is 5.92 Å². The van der Waals surface area contributed by atoms with E-state index in [4.69, 9.17) is 5.11 Å². The van der Waals surface area contributed by atoms with E-state index in [1.807, 2.05) is 0 Å². The largest absolute Gasteiger partial charge is 0.394 e. The molecule has 0 spiro atoms. The van der Waals surface area contributed by atoms with Gasteiger partial charge in [0.25, 0.3) is 0 Å². The molecule has 0 saturated carbocycles. The minimum atomic E-state index is -0.526. The number of allylic oxidation sites excluding steroid dienone is 2. The van der Waals surface area contributed by atoms with Gasteiger partial charge in [-0.1, -0.05) is 83.8 Å². The summed E-state index contributed by atoms with van der Waals surface area (Å²) in [5, 5.41) is 18.2. The lowest BCUT2D eigenvalue weighted by Crippen LogP contribution is -2.15. The Bertz CT molecular complexity index is 250. The van der Waals surface area contributed by atoms with Crippen LogP contribution in [-0.4, -0.2) is 22.9 Å². The maximum Gasteiger partial charge on any atom is 0.0773 e. The van der Waals surface area contributed by atoms with Gasteiger partial charge in [0.2, 0.25) is 0 Å². The lowest BCUT2D eigenvalue weighted by atomic mass is 9.96. The number of hydrogen-bond acceptors (Lipinski definition) is 2. The van der Waals surface area contributed by atoms with E-state index in [0.29, 0.717) is 5.92 Å². The first-order chi connectivity index (χ1) is 11.2. The molecule has 2 unspecified atom stereocenters. The first-order valence-corrected chi connectivity index (χ1v) is 10.1. The molecule has 2 atom stereocenters. The second-order valence-electron chi connectivity index (χ2n) is 7.20. The Kier molecular flexibility index (Phi) is 17.7. The third kappa shape index (κ3) is 17.8. The Morgan fingerprint density at radius 3 is 1.87 bits per heavy atom. The summed E-state index contributed by atoms with van der Waals surface area (Å²) in [5.41, 5.74) is 0. The van der Waals surface area contributed by atoms with Crippen molar-refractivity contribution in [3.8, 4) is 0 Å². The van der Waals surface area contributed by atoms with Gasteiger partial charge in [0.15, 0.2) is 0 Å². The summed E-state index contributed by atoms with van der Waals surface area (Å²) in [7, 11) is 0. The fourth-order valence-electron chi connectivity index (χ4n) is 3.04. The van der Waals surface area contributed by atoms with Crippen molar-refractivity contribution < 1.29 is 10.2 Å². The highest BCUT2D eigenvalue weighted by atomic mass is 16.3. The average molecular weight is 327 g/mol. The number of rotatable bonds is 17. The molecule has 0 heterocycles. The molecule has 0 aromatic heterocycles. The molecule has 23 heavy (non-hydrogen) atoms. The lowest BCUT2D eigenvalue weighted by molar-refractivity contribution is 0.0747. The van der Waals surface area contributed by atoms with Crippen molar-refractivity contribution >= 4 is 0 Å². The standard InChI is InChI=1S/C21H42O2/c1-3-4-5-6-7-8-9-10-11-12-13-14-15-16-17-20(2)18-21(23)19-22/h10-11,20-23H,3-9,12-19H2,1-2H3/b11-10-. The summed E-state index contributed by atoms with van der Waals surface area (Å²) < 4.78 is 0. The third-order valence-electron chi connectivity index (χ3n) is 4.59. The van der Waals surface area contributed by atoms with E-state index in [2.05, 4.69) is 26.0 Å². The van der Waals surface area contributed by atoms with E-state index < -0.39 is 6.10 Å². The van der Waals surface area contributed by atoms with Gasteiger partial charge in [-0.05, 0) is 38.0 Å². The van der Waals surface area contributed by atoms with Crippen LogP contribution in [-0.2, 0) is 0 Å². The van der Waals surface area contributed by atoms with Crippen LogP contribution in [0.25, 0.3) is 0 Å². The normalized spacial score (nSPS) is 14.4. The van der Waals surface area contributed by atoms with Gasteiger partial charge in [-0.15, -0.1) is 0 Å². The van der Waals surface area contributed by atoms with Crippen LogP contribution in [0.5, 0.6) is 0 Å². The van der Waals surface area contributed by atoms with Crippen molar-refractivity contribution in [2.75, 3.05) is 6.61 Å². The fourth-order valence-corrected chi connectivity index (χ4v) is 3.04. The van der Waals surface area contributed by atoms with Crippen LogP contribution < -0.4 is 0 Å². The molecule has 0 fully saturated rings. The molecule has 0 saturated heterocycles. The van der Waals surface area contributed by atoms with E-state index in [0.717, 1.165) is 6.42 Å². The molecule has 2 nitrogen and oxygen atoms in total. The molecule has 0 aromatic carbocycles. The molecule has 138 valence electrons. The van der Waals surface area contributed by atoms with Gasteiger partial charge in [0.05, 0.1) is 12.7 Å². The smallest absolute Gasteiger partial charge is 0.0773 e. The fraction of sp³-hybridized carbons (Fsp3) is 0.905. The minimum Gasteiger partial charge on any atom is -0.394 e. The zero-order valence-electron chi connectivity index (χ0n) is 15.8. The number of unbranched alkanes of at least 4 members (excludes halogenated alkanes) is 10. The molecule has 0 aliphatic heterocycles. The van der Waals surface area contributed by atoms with Crippen LogP contribution in [0.2, 0.25) is 0 Å². The van der Waals surface area contributed by atoms with E-state index in [1.54, 1.807) is 0 Å². The summed E-state index contributed by atoms with van der Waals surface area (Å²) >= 11 is 0. The van der Waals surface area contributed by atoms with Gasteiger partial charge in [-0.3, -0.25) is 0 Å². The van der Waals surface area contributed by atoms with Crippen LogP contribution in [0.1, 0.15) is 104 Å². The number of aliphatic hydroxyl groups excluding tert-OH is 2. The summed E-state index contributed by atoms with van der Waals surface area (Å²) in [6.45, 7) is 4.34. The lowest BCUT2D eigenvalue weighted by Gasteiger charge is -2.14. The van der Waals surface area contributed by atoms with Gasteiger partial charge in [-0.25, -0.2) is 0 Å². The number of aliphatic hydroxyl groups is 2. The van der Waals surface area contributed by atoms with E-state index >= 15 is 0 Å². The van der Waals surface area contributed by atoms with Crippen molar-refractivity contribution in [3.05, 3.63) is 12.2 Å². The average Bonchev–Trinajstić information content (AvgIpc) is 2.55. The quantitative estimate of drug-likeness (QED) is 0.254. The predicted octanol–water partition coefficient (Wildman–Crippen LogP) is 6.01. The second kappa shape index (κ2) is 18.0. The molecule has 0 bridgehead atoms. The Balaban J connectivity index is 3.22. The number of hydrogen-bond donors (Lipinski definition) is 2. The minimum absolute atomic E-state index is 0.102. The summed E-state index contributed by atoms with van der Waals surface area (Å²) in [6.07, 6.45) is 22.1. The molecule has 0 amide bonds. The molecule has 2 N–H and O–H groups in total.